The van der Waals surface area contributed by atoms with Crippen LogP contribution in [-0.2, 0) is 0 Å². The first-order chi connectivity index (χ1) is 4.46. The van der Waals surface area contributed by atoms with Crippen molar-refractivity contribution in [2.24, 2.45) is 0 Å². The monoisotopic (exact) mass is 207 g/mol. The molecule has 0 aliphatic carbocycles. The molecule has 0 amide bonds. The molecule has 0 aromatic carbocycles. The Bertz CT molecular complexity index is 135. The van der Waals surface area contributed by atoms with Crippen LogP contribution in [0.15, 0.2) is 0 Å². The average molecular weight is 207 g/mol. The predicted molar refractivity (Wildman–Crippen MR) is 54.7 cm³/mol. The molecule has 1 unspecified atom stereocenters. The molecule has 0 saturated carbocycles. The molecule has 3 N–H and O–H groups in total. The zero-order valence-electron chi connectivity index (χ0n) is 6.22. The van der Waals surface area contributed by atoms with Gasteiger partial charge in [0.25, 0.3) is 0 Å². The number of rotatable bonds is 1. The van der Waals surface area contributed by atoms with E-state index < -0.39 is 12.3 Å². The molecule has 1 saturated heterocycles. The Hall–Kier alpha value is 1.66. The molecule has 1 aliphatic heterocycles. The first kappa shape index (κ1) is 12.7. The van der Waals surface area contributed by atoms with Crippen molar-refractivity contribution in [3.8, 4) is 0 Å². The van der Waals surface area contributed by atoms with E-state index in [0.29, 0.717) is 0 Å². The quantitative estimate of drug-likeness (QED) is 0.402. The summed E-state index contributed by atoms with van der Waals surface area (Å²) in [6.45, 7) is 4.28. The molecular weight excluding hydrogens is 192 g/mol. The molecule has 1 aliphatic rings. The third-order valence-corrected chi connectivity index (χ3v) is 6.57. The zero-order valence-corrected chi connectivity index (χ0v) is 8.03. The second kappa shape index (κ2) is 4.25. The van der Waals surface area contributed by atoms with Crippen molar-refractivity contribution in [1.82, 2.24) is 5.32 Å². The van der Waals surface area contributed by atoms with Crippen LogP contribution >= 0.6 is 19.5 Å². The SMILES string of the molecule is CC1([PH](C)(O)O)NCCS1.[NaH]. The minimum atomic E-state index is -3.00. The second-order valence-electron chi connectivity index (χ2n) is 2.83. The van der Waals surface area contributed by atoms with E-state index in [0.717, 1.165) is 12.3 Å². The fraction of sp³-hybridized carbons (Fsp3) is 1.00. The van der Waals surface area contributed by atoms with Gasteiger partial charge in [-0.1, -0.05) is 0 Å². The number of hydrogen-bond donors (Lipinski definition) is 3. The van der Waals surface area contributed by atoms with Crippen molar-refractivity contribution in [2.45, 2.75) is 11.5 Å². The normalized spacial score (nSPS) is 33.1. The maximum atomic E-state index is 9.39. The van der Waals surface area contributed by atoms with Crippen molar-refractivity contribution < 1.29 is 9.79 Å². The van der Waals surface area contributed by atoms with Crippen molar-refractivity contribution in [2.75, 3.05) is 19.0 Å². The van der Waals surface area contributed by atoms with Crippen LogP contribution in [0.5, 0.6) is 0 Å². The Labute approximate surface area is 94.1 Å². The van der Waals surface area contributed by atoms with Gasteiger partial charge < -0.3 is 0 Å². The van der Waals surface area contributed by atoms with Crippen molar-refractivity contribution in [3.05, 3.63) is 0 Å². The molecule has 0 bridgehead atoms. The number of thioether (sulfide) groups is 1. The van der Waals surface area contributed by atoms with E-state index in [1.54, 1.807) is 18.4 Å². The standard InChI is InChI=1S/C5H14NO2PS.Na.H/c1-5(9(2,7)8)6-3-4-10-5;;/h6-9H,3-4H2,1-2H3;;. The van der Waals surface area contributed by atoms with E-state index in [1.807, 2.05) is 6.92 Å². The van der Waals surface area contributed by atoms with Crippen LogP contribution in [0.25, 0.3) is 0 Å². The van der Waals surface area contributed by atoms with E-state index in [2.05, 4.69) is 5.32 Å². The van der Waals surface area contributed by atoms with Gasteiger partial charge in [0.15, 0.2) is 0 Å². The Kier molecular flexibility index (Phi) is 4.89. The molecule has 0 aromatic rings. The Morgan fingerprint density at radius 1 is 1.55 bits per heavy atom. The predicted octanol–water partition coefficient (Wildman–Crippen LogP) is -0.458. The molecule has 64 valence electrons. The topological polar surface area (TPSA) is 52.5 Å². The van der Waals surface area contributed by atoms with Crippen molar-refractivity contribution >= 4 is 49.0 Å². The summed E-state index contributed by atoms with van der Waals surface area (Å²) in [6, 6.07) is 0. The van der Waals surface area contributed by atoms with E-state index >= 15 is 0 Å². The summed E-state index contributed by atoms with van der Waals surface area (Å²) in [6.07, 6.45) is 0. The summed E-state index contributed by atoms with van der Waals surface area (Å²) in [7, 11) is -3.00. The van der Waals surface area contributed by atoms with Crippen LogP contribution in [0.3, 0.4) is 0 Å². The van der Waals surface area contributed by atoms with Crippen LogP contribution in [0, 0.1) is 0 Å². The van der Waals surface area contributed by atoms with Gasteiger partial charge in [0.05, 0.1) is 0 Å². The first-order valence-corrected chi connectivity index (χ1v) is 6.67. The molecule has 3 nitrogen and oxygen atoms in total. The van der Waals surface area contributed by atoms with Crippen LogP contribution < -0.4 is 5.32 Å². The summed E-state index contributed by atoms with van der Waals surface area (Å²) in [4.78, 5) is 18.8. The molecule has 0 aromatic heterocycles. The van der Waals surface area contributed by atoms with Crippen LogP contribution in [0.2, 0.25) is 0 Å². The molecular formula is C5H15NNaO2PS. The summed E-state index contributed by atoms with van der Waals surface area (Å²) < 4.78 is -0.451. The van der Waals surface area contributed by atoms with Gasteiger partial charge in [-0.3, -0.25) is 0 Å². The second-order valence-corrected chi connectivity index (χ2v) is 7.75. The first-order valence-electron chi connectivity index (χ1n) is 3.29. The summed E-state index contributed by atoms with van der Waals surface area (Å²) in [5.74, 6) is 0.972. The van der Waals surface area contributed by atoms with E-state index in [9.17, 15) is 9.79 Å². The number of hydrogen-bond acceptors (Lipinski definition) is 4. The molecule has 1 atom stereocenters. The van der Waals surface area contributed by atoms with E-state index in [-0.39, 0.29) is 29.6 Å². The molecule has 1 rings (SSSR count). The Balaban J connectivity index is 0.000001000. The van der Waals surface area contributed by atoms with Crippen LogP contribution in [0.1, 0.15) is 6.92 Å². The molecule has 6 heteroatoms. The fourth-order valence-electron chi connectivity index (χ4n) is 0.900. The Morgan fingerprint density at radius 2 is 2.09 bits per heavy atom. The molecule has 0 spiro atoms. The molecule has 1 heterocycles. The molecule has 11 heavy (non-hydrogen) atoms. The fourth-order valence-corrected chi connectivity index (χ4v) is 3.58. The summed E-state index contributed by atoms with van der Waals surface area (Å²) in [5.41, 5.74) is 0. The third kappa shape index (κ3) is 2.82. The summed E-state index contributed by atoms with van der Waals surface area (Å²) in [5, 5.41) is 3.10. The van der Waals surface area contributed by atoms with Crippen LogP contribution in [0.4, 0.5) is 0 Å². The molecule has 0 radical (unpaired) electrons. The third-order valence-electron chi connectivity index (χ3n) is 1.86. The van der Waals surface area contributed by atoms with Gasteiger partial charge in [-0.05, 0) is 0 Å². The maximum absolute atomic E-state index is 9.39. The average Bonchev–Trinajstić information content (AvgIpc) is 2.13. The van der Waals surface area contributed by atoms with Crippen molar-refractivity contribution in [1.29, 1.82) is 0 Å². The van der Waals surface area contributed by atoms with Gasteiger partial charge in [0.1, 0.15) is 0 Å². The zero-order chi connectivity index (χ0) is 7.83. The van der Waals surface area contributed by atoms with E-state index in [1.165, 1.54) is 0 Å². The van der Waals surface area contributed by atoms with Gasteiger partial charge in [-0.15, -0.1) is 0 Å². The molecule has 1 fully saturated rings. The van der Waals surface area contributed by atoms with Gasteiger partial charge in [0, 0.05) is 0 Å². The number of nitrogens with one attached hydrogen (secondary N) is 1. The van der Waals surface area contributed by atoms with Gasteiger partial charge in [0.2, 0.25) is 0 Å². The summed E-state index contributed by atoms with van der Waals surface area (Å²) >= 11 is 1.60. The van der Waals surface area contributed by atoms with Gasteiger partial charge in [-0.2, -0.15) is 0 Å². The van der Waals surface area contributed by atoms with Gasteiger partial charge >= 0.3 is 94.6 Å². The minimum absolute atomic E-state index is 0. The van der Waals surface area contributed by atoms with Crippen molar-refractivity contribution in [3.63, 3.8) is 0 Å². The Morgan fingerprint density at radius 3 is 2.27 bits per heavy atom. The van der Waals surface area contributed by atoms with E-state index in [4.69, 9.17) is 0 Å². The van der Waals surface area contributed by atoms with Crippen LogP contribution in [-0.4, -0.2) is 62.9 Å². The van der Waals surface area contributed by atoms with Gasteiger partial charge in [-0.25, -0.2) is 0 Å².